The molecule has 0 aliphatic heterocycles. The molecule has 0 aliphatic rings. The number of allylic oxidation sites excluding steroid dienone is 24. The van der Waals surface area contributed by atoms with E-state index in [9.17, 15) is 14.4 Å². The largest absolute Gasteiger partial charge is 0.462 e. The zero-order chi connectivity index (χ0) is 59.9. The van der Waals surface area contributed by atoms with Gasteiger partial charge in [0.25, 0.3) is 0 Å². The van der Waals surface area contributed by atoms with Crippen LogP contribution in [0.15, 0.2) is 146 Å². The molecule has 0 aliphatic carbocycles. The molecule has 0 radical (unpaired) electrons. The maximum atomic E-state index is 12.9. The summed E-state index contributed by atoms with van der Waals surface area (Å²) in [5.41, 5.74) is 0. The van der Waals surface area contributed by atoms with Crippen LogP contribution in [0.5, 0.6) is 0 Å². The van der Waals surface area contributed by atoms with E-state index in [4.69, 9.17) is 14.2 Å². The molecule has 0 aromatic carbocycles. The Kier molecular flexibility index (Phi) is 65.8. The summed E-state index contributed by atoms with van der Waals surface area (Å²) >= 11 is 0. The number of unbranched alkanes of at least 4 members (excludes halogenated alkanes) is 26. The molecule has 1 atom stereocenters. The molecule has 0 amide bonds. The Labute approximate surface area is 512 Å². The monoisotopic (exact) mass is 1150 g/mol. The Bertz CT molecular complexity index is 1800. The highest BCUT2D eigenvalue weighted by Crippen LogP contribution is 2.15. The van der Waals surface area contributed by atoms with Gasteiger partial charge in [-0.1, -0.05) is 289 Å². The van der Waals surface area contributed by atoms with Crippen molar-refractivity contribution in [2.75, 3.05) is 13.2 Å². The van der Waals surface area contributed by atoms with Crippen LogP contribution in [0.3, 0.4) is 0 Å². The number of ether oxygens (including phenoxy) is 3. The van der Waals surface area contributed by atoms with E-state index in [1.807, 2.05) is 0 Å². The fraction of sp³-hybridized carbons (Fsp3) is 0.649. The van der Waals surface area contributed by atoms with Gasteiger partial charge in [-0.25, -0.2) is 0 Å². The Morgan fingerprint density at radius 2 is 0.482 bits per heavy atom. The van der Waals surface area contributed by atoms with Gasteiger partial charge in [0.15, 0.2) is 6.10 Å². The quantitative estimate of drug-likeness (QED) is 0.0261. The first-order chi connectivity index (χ1) is 41.0. The fourth-order valence-corrected chi connectivity index (χ4v) is 9.15. The van der Waals surface area contributed by atoms with Crippen LogP contribution in [-0.4, -0.2) is 37.2 Å². The number of carbonyl (C=O) groups excluding carboxylic acids is 3. The first-order valence-electron chi connectivity index (χ1n) is 34.3. The van der Waals surface area contributed by atoms with Crippen LogP contribution in [-0.2, 0) is 28.6 Å². The van der Waals surface area contributed by atoms with Crippen molar-refractivity contribution >= 4 is 17.9 Å². The minimum atomic E-state index is -0.799. The summed E-state index contributed by atoms with van der Waals surface area (Å²) in [4.78, 5) is 38.3. The summed E-state index contributed by atoms with van der Waals surface area (Å²) in [6, 6.07) is 0. The third kappa shape index (κ3) is 68.0. The normalized spacial score (nSPS) is 13.0. The second-order valence-corrected chi connectivity index (χ2v) is 22.3. The van der Waals surface area contributed by atoms with Gasteiger partial charge in [0.2, 0.25) is 0 Å². The SMILES string of the molecule is CC/C=C\C/C=C\C/C=C\C/C=C\C/C=C\C/C=C\C/C=C\C/C=C\CCCCCCCCC(=O)OCC(COC(=O)CCCCCCC/C=C\CCCC)OC(=O)CCCCCCCCCC/C=C\C/C=C\C/C=C\CCCCCCC. The van der Waals surface area contributed by atoms with Crippen LogP contribution < -0.4 is 0 Å². The van der Waals surface area contributed by atoms with Crippen molar-refractivity contribution in [1.29, 1.82) is 0 Å². The van der Waals surface area contributed by atoms with Gasteiger partial charge in [0.05, 0.1) is 0 Å². The number of carbonyl (C=O) groups is 3. The molecule has 1 unspecified atom stereocenters. The lowest BCUT2D eigenvalue weighted by Gasteiger charge is -2.18. The van der Waals surface area contributed by atoms with Gasteiger partial charge >= 0.3 is 17.9 Å². The average Bonchev–Trinajstić information content (AvgIpc) is 3.48. The Hall–Kier alpha value is -4.71. The fourth-order valence-electron chi connectivity index (χ4n) is 9.15. The topological polar surface area (TPSA) is 78.9 Å². The van der Waals surface area contributed by atoms with E-state index >= 15 is 0 Å². The van der Waals surface area contributed by atoms with Gasteiger partial charge in [0.1, 0.15) is 13.2 Å². The third-order valence-corrected chi connectivity index (χ3v) is 14.3. The zero-order valence-corrected chi connectivity index (χ0v) is 53.9. The second kappa shape index (κ2) is 69.8. The maximum Gasteiger partial charge on any atom is 0.306 e. The van der Waals surface area contributed by atoms with Crippen LogP contribution in [0.4, 0.5) is 0 Å². The standard InChI is InChI=1S/C77H126O6/c1-4-7-10-13-16-19-22-24-26-28-30-32-34-35-36-37-38-39-40-41-43-44-46-48-50-52-55-58-61-64-67-70-76(79)82-73-74(72-81-75(78)69-66-63-60-57-54-21-18-15-12-9-6-3)83-77(80)71-68-65-62-59-56-53-51-49-47-45-42-33-31-29-27-25-23-20-17-14-11-8-5-2/h7,10,15-16,18-19,23-26,29-32,35-36,38-39,41-43,45-46,48,74H,4-6,8-9,11-14,17,20-22,27-28,33-34,37,40,44,47,49-73H2,1-3H3/b10-7-,18-15-,19-16-,25-23-,26-24-,31-29-,32-30-,36-35-,39-38-,43-41-,45-42-,48-46-. The zero-order valence-electron chi connectivity index (χ0n) is 53.9. The maximum absolute atomic E-state index is 12.9. The molecule has 0 aromatic heterocycles. The smallest absolute Gasteiger partial charge is 0.306 e. The highest BCUT2D eigenvalue weighted by molar-refractivity contribution is 5.71. The summed E-state index contributed by atoms with van der Waals surface area (Å²) in [5, 5.41) is 0. The van der Waals surface area contributed by atoms with E-state index in [1.165, 1.54) is 109 Å². The number of hydrogen-bond acceptors (Lipinski definition) is 6. The predicted molar refractivity (Wildman–Crippen MR) is 362 cm³/mol. The molecule has 0 bridgehead atoms. The molecule has 0 fully saturated rings. The molecule has 0 saturated heterocycles. The van der Waals surface area contributed by atoms with Crippen LogP contribution in [0.1, 0.15) is 303 Å². The summed E-state index contributed by atoms with van der Waals surface area (Å²) < 4.78 is 16.9. The first-order valence-corrected chi connectivity index (χ1v) is 34.3. The van der Waals surface area contributed by atoms with Crippen LogP contribution in [0.25, 0.3) is 0 Å². The molecule has 6 nitrogen and oxygen atoms in total. The highest BCUT2D eigenvalue weighted by atomic mass is 16.6. The van der Waals surface area contributed by atoms with Crippen molar-refractivity contribution < 1.29 is 28.6 Å². The molecular formula is C77H126O6. The van der Waals surface area contributed by atoms with Gasteiger partial charge < -0.3 is 14.2 Å². The molecule has 0 N–H and O–H groups in total. The van der Waals surface area contributed by atoms with Crippen molar-refractivity contribution in [3.63, 3.8) is 0 Å². The molecule has 0 spiro atoms. The van der Waals surface area contributed by atoms with Crippen molar-refractivity contribution in [1.82, 2.24) is 0 Å². The highest BCUT2D eigenvalue weighted by Gasteiger charge is 2.19. The van der Waals surface area contributed by atoms with Gasteiger partial charge in [0, 0.05) is 19.3 Å². The van der Waals surface area contributed by atoms with Crippen molar-refractivity contribution in [2.24, 2.45) is 0 Å². The predicted octanol–water partition coefficient (Wildman–Crippen LogP) is 23.9. The van der Waals surface area contributed by atoms with E-state index < -0.39 is 6.10 Å². The lowest BCUT2D eigenvalue weighted by molar-refractivity contribution is -0.167. The van der Waals surface area contributed by atoms with E-state index in [2.05, 4.69) is 167 Å². The molecule has 0 saturated carbocycles. The number of rotatable bonds is 61. The molecule has 6 heteroatoms. The van der Waals surface area contributed by atoms with E-state index in [1.54, 1.807) is 0 Å². The molecule has 0 rings (SSSR count). The molecule has 0 heterocycles. The summed E-state index contributed by atoms with van der Waals surface area (Å²) in [7, 11) is 0. The van der Waals surface area contributed by atoms with Gasteiger partial charge in [-0.3, -0.25) is 14.4 Å². The van der Waals surface area contributed by atoms with E-state index in [0.29, 0.717) is 19.3 Å². The lowest BCUT2D eigenvalue weighted by Crippen LogP contribution is -2.30. The lowest BCUT2D eigenvalue weighted by atomic mass is 10.1. The second-order valence-electron chi connectivity index (χ2n) is 22.3. The first kappa shape index (κ1) is 78.3. The van der Waals surface area contributed by atoms with E-state index in [-0.39, 0.29) is 31.1 Å². The molecule has 0 aromatic rings. The molecule has 470 valence electrons. The van der Waals surface area contributed by atoms with Crippen LogP contribution in [0, 0.1) is 0 Å². The van der Waals surface area contributed by atoms with Gasteiger partial charge in [-0.05, 0) is 141 Å². The van der Waals surface area contributed by atoms with E-state index in [0.717, 1.165) is 154 Å². The minimum Gasteiger partial charge on any atom is -0.462 e. The molecule has 83 heavy (non-hydrogen) atoms. The van der Waals surface area contributed by atoms with Gasteiger partial charge in [-0.2, -0.15) is 0 Å². The Balaban J connectivity index is 4.33. The summed E-state index contributed by atoms with van der Waals surface area (Å²) in [5.74, 6) is -0.923. The van der Waals surface area contributed by atoms with Crippen LogP contribution in [0.2, 0.25) is 0 Å². The van der Waals surface area contributed by atoms with Crippen molar-refractivity contribution in [2.45, 2.75) is 309 Å². The summed E-state index contributed by atoms with van der Waals surface area (Å²) in [6.45, 7) is 6.46. The number of esters is 3. The third-order valence-electron chi connectivity index (χ3n) is 14.3. The minimum absolute atomic E-state index is 0.0940. The number of hydrogen-bond donors (Lipinski definition) is 0. The van der Waals surface area contributed by atoms with Gasteiger partial charge in [-0.15, -0.1) is 0 Å². The van der Waals surface area contributed by atoms with Crippen LogP contribution >= 0.6 is 0 Å². The Morgan fingerprint density at radius 1 is 0.253 bits per heavy atom. The van der Waals surface area contributed by atoms with Crippen molar-refractivity contribution in [3.8, 4) is 0 Å². The Morgan fingerprint density at radius 3 is 0.783 bits per heavy atom. The summed E-state index contributed by atoms with van der Waals surface area (Å²) in [6.07, 6.45) is 100. The van der Waals surface area contributed by atoms with Crippen molar-refractivity contribution in [3.05, 3.63) is 146 Å². The average molecular weight is 1150 g/mol. The molecular weight excluding hydrogens is 1020 g/mol.